The summed E-state index contributed by atoms with van der Waals surface area (Å²) in [7, 11) is 0. The second-order valence-corrected chi connectivity index (χ2v) is 8.28. The second-order valence-electron chi connectivity index (χ2n) is 8.28. The average Bonchev–Trinajstić information content (AvgIpc) is 3.59. The summed E-state index contributed by atoms with van der Waals surface area (Å²) in [4.78, 5) is 0. The van der Waals surface area contributed by atoms with Crippen molar-refractivity contribution < 1.29 is 13.5 Å². The third-order valence-corrected chi connectivity index (χ3v) is 5.89. The Balaban J connectivity index is 1.55. The zero-order chi connectivity index (χ0) is 25.4. The number of nitrogens with zero attached hydrogens (tertiary/aromatic N) is 8. The molecule has 37 heavy (non-hydrogen) atoms. The minimum absolute atomic E-state index is 0.296. The number of para-hydroxylation sites is 1. The quantitative estimate of drug-likeness (QED) is 0.360. The molecule has 0 fully saturated rings. The van der Waals surface area contributed by atoms with Crippen LogP contribution < -0.4 is 4.74 Å². The number of halogens is 2. The van der Waals surface area contributed by atoms with E-state index in [1.54, 1.807) is 24.3 Å². The molecule has 6 rings (SSSR count). The number of aromatic nitrogens is 8. The summed E-state index contributed by atoms with van der Waals surface area (Å²) >= 11 is 0. The van der Waals surface area contributed by atoms with E-state index in [2.05, 4.69) is 31.1 Å². The summed E-state index contributed by atoms with van der Waals surface area (Å²) in [5.74, 6) is 0.646. The van der Waals surface area contributed by atoms with Crippen LogP contribution in [0.5, 0.6) is 5.75 Å². The van der Waals surface area contributed by atoms with Crippen LogP contribution in [0.15, 0.2) is 84.4 Å². The molecule has 182 valence electrons. The third kappa shape index (κ3) is 4.27. The Hall–Kier alpha value is -5.06. The van der Waals surface area contributed by atoms with Crippen molar-refractivity contribution in [1.82, 2.24) is 40.4 Å². The van der Waals surface area contributed by atoms with Crippen LogP contribution in [0, 0.1) is 11.6 Å². The van der Waals surface area contributed by atoms with Gasteiger partial charge in [-0.15, -0.1) is 10.2 Å². The Morgan fingerprint density at radius 2 is 1.32 bits per heavy atom. The maximum absolute atomic E-state index is 13.6. The monoisotopic (exact) mass is 496 g/mol. The van der Waals surface area contributed by atoms with Crippen molar-refractivity contribution in [3.05, 3.63) is 113 Å². The van der Waals surface area contributed by atoms with Gasteiger partial charge in [-0.05, 0) is 100 Å². The fourth-order valence-electron chi connectivity index (χ4n) is 4.04. The standard InChI is InChI=1S/C26H18F2N8O/c1-16-18(14-17-4-2-3-5-24(17)37-16)15-23(25-29-31-33-35(25)21-10-6-19(27)7-11-21)26-30-32-34-36(26)22-12-8-20(28)9-13-22/h2-16H,1H3. The molecule has 5 aromatic rings. The van der Waals surface area contributed by atoms with Crippen LogP contribution >= 0.6 is 0 Å². The zero-order valence-electron chi connectivity index (χ0n) is 19.4. The summed E-state index contributed by atoms with van der Waals surface area (Å²) in [6, 6.07) is 19.3. The Labute approximate surface area is 209 Å². The van der Waals surface area contributed by atoms with Gasteiger partial charge in [0.15, 0.2) is 11.6 Å². The van der Waals surface area contributed by atoms with E-state index in [0.717, 1.165) is 16.9 Å². The summed E-state index contributed by atoms with van der Waals surface area (Å²) in [6.45, 7) is 1.93. The fraction of sp³-hybridized carbons (Fsp3) is 0.0769. The van der Waals surface area contributed by atoms with Crippen molar-refractivity contribution in [2.45, 2.75) is 13.0 Å². The molecule has 0 bridgehead atoms. The molecule has 11 heteroatoms. The summed E-state index contributed by atoms with van der Waals surface area (Å²) in [5, 5.41) is 24.5. The number of tetrazole rings is 2. The first-order valence-corrected chi connectivity index (χ1v) is 11.4. The Kier molecular flexibility index (Phi) is 5.56. The van der Waals surface area contributed by atoms with Crippen LogP contribution in [0.4, 0.5) is 8.78 Å². The van der Waals surface area contributed by atoms with E-state index in [-0.39, 0.29) is 17.7 Å². The summed E-state index contributed by atoms with van der Waals surface area (Å²) in [6.07, 6.45) is 3.58. The van der Waals surface area contributed by atoms with Crippen LogP contribution in [0.3, 0.4) is 0 Å². The van der Waals surface area contributed by atoms with Gasteiger partial charge in [-0.1, -0.05) is 18.2 Å². The van der Waals surface area contributed by atoms with Crippen LogP contribution in [0.2, 0.25) is 0 Å². The Bertz CT molecular complexity index is 1550. The van der Waals surface area contributed by atoms with Gasteiger partial charge >= 0.3 is 0 Å². The molecule has 1 unspecified atom stereocenters. The molecular formula is C26H18F2N8O. The van der Waals surface area contributed by atoms with Gasteiger partial charge < -0.3 is 4.74 Å². The van der Waals surface area contributed by atoms with Crippen molar-refractivity contribution in [2.24, 2.45) is 0 Å². The van der Waals surface area contributed by atoms with Crippen molar-refractivity contribution in [1.29, 1.82) is 0 Å². The SMILES string of the molecule is CC1Oc2ccccc2C=C1C=C(c1nnnn1-c1ccc(F)cc1)c1nnnn1-c1ccc(F)cc1. The molecule has 1 atom stereocenters. The number of fused-ring (bicyclic) bond motifs is 1. The zero-order valence-corrected chi connectivity index (χ0v) is 19.4. The predicted molar refractivity (Wildman–Crippen MR) is 130 cm³/mol. The van der Waals surface area contributed by atoms with Gasteiger partial charge in [0.05, 0.1) is 16.9 Å². The highest BCUT2D eigenvalue weighted by Gasteiger charge is 2.25. The first-order valence-electron chi connectivity index (χ1n) is 11.4. The van der Waals surface area contributed by atoms with Crippen LogP contribution in [0.25, 0.3) is 23.0 Å². The fourth-order valence-corrected chi connectivity index (χ4v) is 4.04. The molecular weight excluding hydrogens is 478 g/mol. The lowest BCUT2D eigenvalue weighted by Crippen LogP contribution is -2.18. The molecule has 0 radical (unpaired) electrons. The van der Waals surface area contributed by atoms with Crippen molar-refractivity contribution >= 4 is 11.6 Å². The molecule has 0 saturated carbocycles. The second kappa shape index (κ2) is 9.19. The molecule has 3 heterocycles. The van der Waals surface area contributed by atoms with Gasteiger partial charge in [0.2, 0.25) is 0 Å². The maximum atomic E-state index is 13.6. The van der Waals surface area contributed by atoms with E-state index in [9.17, 15) is 8.78 Å². The Morgan fingerprint density at radius 1 is 0.784 bits per heavy atom. The molecule has 1 aliphatic heterocycles. The molecule has 3 aromatic carbocycles. The summed E-state index contributed by atoms with van der Waals surface area (Å²) < 4.78 is 36.3. The minimum Gasteiger partial charge on any atom is -0.485 e. The van der Waals surface area contributed by atoms with Gasteiger partial charge in [0.1, 0.15) is 23.5 Å². The molecule has 1 aliphatic rings. The van der Waals surface area contributed by atoms with Gasteiger partial charge in [-0.25, -0.2) is 8.78 Å². The minimum atomic E-state index is -0.383. The van der Waals surface area contributed by atoms with Gasteiger partial charge in [-0.3, -0.25) is 0 Å². The van der Waals surface area contributed by atoms with E-state index in [1.165, 1.54) is 33.6 Å². The van der Waals surface area contributed by atoms with Gasteiger partial charge in [-0.2, -0.15) is 9.36 Å². The molecule has 0 spiro atoms. The molecule has 0 amide bonds. The maximum Gasteiger partial charge on any atom is 0.190 e. The number of ether oxygens (including phenoxy) is 1. The molecule has 2 aromatic heterocycles. The molecule has 0 aliphatic carbocycles. The lowest BCUT2D eigenvalue weighted by molar-refractivity contribution is 0.257. The number of hydrogen-bond donors (Lipinski definition) is 0. The molecule has 0 N–H and O–H groups in total. The van der Waals surface area contributed by atoms with Crippen LogP contribution in [0.1, 0.15) is 24.1 Å². The first-order chi connectivity index (χ1) is 18.1. The van der Waals surface area contributed by atoms with E-state index >= 15 is 0 Å². The highest BCUT2D eigenvalue weighted by atomic mass is 19.1. The molecule has 0 saturated heterocycles. The lowest BCUT2D eigenvalue weighted by Gasteiger charge is -2.23. The smallest absolute Gasteiger partial charge is 0.190 e. The van der Waals surface area contributed by atoms with Crippen LogP contribution in [-0.2, 0) is 0 Å². The van der Waals surface area contributed by atoms with E-state index in [1.807, 2.05) is 43.3 Å². The number of benzene rings is 3. The van der Waals surface area contributed by atoms with Gasteiger partial charge in [0, 0.05) is 5.56 Å². The predicted octanol–water partition coefficient (Wildman–Crippen LogP) is 4.21. The topological polar surface area (TPSA) is 96.4 Å². The largest absolute Gasteiger partial charge is 0.485 e. The first kappa shape index (κ1) is 22.4. The van der Waals surface area contributed by atoms with Crippen LogP contribution in [-0.4, -0.2) is 46.5 Å². The van der Waals surface area contributed by atoms with E-state index < -0.39 is 0 Å². The Morgan fingerprint density at radius 3 is 1.89 bits per heavy atom. The van der Waals surface area contributed by atoms with Crippen molar-refractivity contribution in [2.75, 3.05) is 0 Å². The van der Waals surface area contributed by atoms with Crippen molar-refractivity contribution in [3.63, 3.8) is 0 Å². The highest BCUT2D eigenvalue weighted by Crippen LogP contribution is 2.33. The number of hydrogen-bond acceptors (Lipinski definition) is 7. The van der Waals surface area contributed by atoms with Gasteiger partial charge in [0.25, 0.3) is 0 Å². The summed E-state index contributed by atoms with van der Waals surface area (Å²) in [5.41, 5.74) is 3.31. The normalized spacial score (nSPS) is 14.5. The lowest BCUT2D eigenvalue weighted by atomic mass is 9.99. The number of rotatable bonds is 5. The van der Waals surface area contributed by atoms with E-state index in [0.29, 0.717) is 28.6 Å². The van der Waals surface area contributed by atoms with E-state index in [4.69, 9.17) is 4.74 Å². The average molecular weight is 496 g/mol. The third-order valence-electron chi connectivity index (χ3n) is 5.89. The molecule has 9 nitrogen and oxygen atoms in total. The van der Waals surface area contributed by atoms with Crippen molar-refractivity contribution in [3.8, 4) is 17.1 Å². The highest BCUT2D eigenvalue weighted by molar-refractivity contribution is 5.79.